The summed E-state index contributed by atoms with van der Waals surface area (Å²) in [5.74, 6) is 1.72. The molecule has 4 nitrogen and oxygen atoms in total. The molecule has 1 saturated heterocycles. The third-order valence-electron chi connectivity index (χ3n) is 4.83. The van der Waals surface area contributed by atoms with E-state index in [0.29, 0.717) is 6.04 Å². The number of rotatable bonds is 8. The molecule has 0 aliphatic carbocycles. The van der Waals surface area contributed by atoms with E-state index in [0.717, 1.165) is 37.5 Å². The predicted molar refractivity (Wildman–Crippen MR) is 100 cm³/mol. The van der Waals surface area contributed by atoms with Crippen LogP contribution in [-0.4, -0.2) is 36.7 Å². The highest BCUT2D eigenvalue weighted by Crippen LogP contribution is 2.30. The zero-order valence-electron chi connectivity index (χ0n) is 15.1. The molecular weight excluding hydrogens is 312 g/mol. The Morgan fingerprint density at radius 1 is 1.12 bits per heavy atom. The fourth-order valence-corrected chi connectivity index (χ4v) is 3.51. The highest BCUT2D eigenvalue weighted by molar-refractivity contribution is 5.32. The molecule has 3 rings (SSSR count). The van der Waals surface area contributed by atoms with Gasteiger partial charge in [-0.3, -0.25) is 9.88 Å². The van der Waals surface area contributed by atoms with Gasteiger partial charge in [-0.2, -0.15) is 0 Å². The lowest BCUT2D eigenvalue weighted by Crippen LogP contribution is -2.34. The topological polar surface area (TPSA) is 34.6 Å². The van der Waals surface area contributed by atoms with Crippen molar-refractivity contribution in [2.45, 2.75) is 38.1 Å². The Hall–Kier alpha value is -2.07. The number of unbranched alkanes of at least 4 members (excludes halogenated alkanes) is 1. The summed E-state index contributed by atoms with van der Waals surface area (Å²) in [4.78, 5) is 6.91. The lowest BCUT2D eigenvalue weighted by molar-refractivity contribution is 0.143. The van der Waals surface area contributed by atoms with Crippen LogP contribution in [0.2, 0.25) is 0 Å². The monoisotopic (exact) mass is 340 g/mol. The van der Waals surface area contributed by atoms with E-state index in [1.54, 1.807) is 7.11 Å². The molecule has 4 heteroatoms. The van der Waals surface area contributed by atoms with Crippen LogP contribution in [0, 0.1) is 0 Å². The van der Waals surface area contributed by atoms with Gasteiger partial charge >= 0.3 is 0 Å². The second-order valence-electron chi connectivity index (χ2n) is 6.57. The summed E-state index contributed by atoms with van der Waals surface area (Å²) in [7, 11) is 1.68. The van der Waals surface area contributed by atoms with Gasteiger partial charge < -0.3 is 9.47 Å². The number of aromatic nitrogens is 1. The summed E-state index contributed by atoms with van der Waals surface area (Å²) in [6, 6.07) is 12.6. The fraction of sp³-hybridized carbons (Fsp3) is 0.476. The minimum atomic E-state index is 0.529. The molecule has 1 aliphatic heterocycles. The Morgan fingerprint density at radius 3 is 2.88 bits per heavy atom. The first-order valence-electron chi connectivity index (χ1n) is 9.27. The van der Waals surface area contributed by atoms with Crippen molar-refractivity contribution < 1.29 is 9.47 Å². The fourth-order valence-electron chi connectivity index (χ4n) is 3.51. The number of likely N-dealkylation sites (tertiary alicyclic amines) is 1. The SMILES string of the molecule is COc1cccc(OCCCCN2CCCC[C@@H]2c2cccnc2)c1. The Labute approximate surface area is 150 Å². The van der Waals surface area contributed by atoms with Crippen LogP contribution in [0.15, 0.2) is 48.8 Å². The molecule has 0 radical (unpaired) electrons. The summed E-state index contributed by atoms with van der Waals surface area (Å²) in [5.41, 5.74) is 1.36. The molecule has 0 N–H and O–H groups in total. The molecule has 0 spiro atoms. The smallest absolute Gasteiger partial charge is 0.122 e. The van der Waals surface area contributed by atoms with Gasteiger partial charge in [0.2, 0.25) is 0 Å². The van der Waals surface area contributed by atoms with Crippen molar-refractivity contribution in [3.63, 3.8) is 0 Å². The Morgan fingerprint density at radius 2 is 2.04 bits per heavy atom. The number of piperidine rings is 1. The first-order valence-corrected chi connectivity index (χ1v) is 9.27. The van der Waals surface area contributed by atoms with Crippen molar-refractivity contribution in [3.8, 4) is 11.5 Å². The van der Waals surface area contributed by atoms with Crippen LogP contribution in [0.1, 0.15) is 43.7 Å². The zero-order valence-corrected chi connectivity index (χ0v) is 15.1. The van der Waals surface area contributed by atoms with Crippen molar-refractivity contribution in [1.29, 1.82) is 0 Å². The summed E-state index contributed by atoms with van der Waals surface area (Å²) >= 11 is 0. The first-order chi connectivity index (χ1) is 12.4. The van der Waals surface area contributed by atoms with Gasteiger partial charge in [0, 0.05) is 24.5 Å². The van der Waals surface area contributed by atoms with Crippen LogP contribution in [0.25, 0.3) is 0 Å². The summed E-state index contributed by atoms with van der Waals surface area (Å²) in [5, 5.41) is 0. The standard InChI is InChI=1S/C21H28N2O2/c1-24-19-9-6-10-20(16-19)25-15-5-4-14-23-13-3-2-11-21(23)18-8-7-12-22-17-18/h6-10,12,16-17,21H,2-5,11,13-15H2,1H3/t21-/m1/s1. The molecule has 0 saturated carbocycles. The van der Waals surface area contributed by atoms with Gasteiger partial charge in [0.1, 0.15) is 11.5 Å². The number of benzene rings is 1. The van der Waals surface area contributed by atoms with E-state index in [9.17, 15) is 0 Å². The minimum Gasteiger partial charge on any atom is -0.497 e. The normalized spacial score (nSPS) is 18.0. The average Bonchev–Trinajstić information content (AvgIpc) is 2.69. The number of pyridine rings is 1. The van der Waals surface area contributed by atoms with E-state index in [2.05, 4.69) is 16.0 Å². The molecule has 134 valence electrons. The molecule has 25 heavy (non-hydrogen) atoms. The van der Waals surface area contributed by atoms with E-state index < -0.39 is 0 Å². The number of hydrogen-bond acceptors (Lipinski definition) is 4. The van der Waals surface area contributed by atoms with Gasteiger partial charge in [0.05, 0.1) is 13.7 Å². The van der Waals surface area contributed by atoms with Crippen LogP contribution in [0.4, 0.5) is 0 Å². The van der Waals surface area contributed by atoms with Crippen molar-refractivity contribution in [1.82, 2.24) is 9.88 Å². The molecule has 1 aromatic heterocycles. The molecule has 0 bridgehead atoms. The van der Waals surface area contributed by atoms with Crippen molar-refractivity contribution >= 4 is 0 Å². The van der Waals surface area contributed by atoms with Gasteiger partial charge in [-0.15, -0.1) is 0 Å². The van der Waals surface area contributed by atoms with Gasteiger partial charge in [-0.05, 0) is 62.5 Å². The van der Waals surface area contributed by atoms with E-state index in [-0.39, 0.29) is 0 Å². The Kier molecular flexibility index (Phi) is 6.69. The minimum absolute atomic E-state index is 0.529. The maximum Gasteiger partial charge on any atom is 0.122 e. The molecule has 1 aromatic carbocycles. The molecule has 1 fully saturated rings. The quantitative estimate of drug-likeness (QED) is 0.664. The average molecular weight is 340 g/mol. The van der Waals surface area contributed by atoms with Crippen molar-refractivity contribution in [3.05, 3.63) is 54.4 Å². The van der Waals surface area contributed by atoms with Gasteiger partial charge in [0.15, 0.2) is 0 Å². The van der Waals surface area contributed by atoms with Crippen LogP contribution in [0.5, 0.6) is 11.5 Å². The highest BCUT2D eigenvalue weighted by Gasteiger charge is 2.23. The highest BCUT2D eigenvalue weighted by atomic mass is 16.5. The predicted octanol–water partition coefficient (Wildman–Crippen LogP) is 4.48. The number of methoxy groups -OCH3 is 1. The van der Waals surface area contributed by atoms with E-state index >= 15 is 0 Å². The molecule has 2 aromatic rings. The Balaban J connectivity index is 1.42. The first kappa shape index (κ1) is 17.7. The molecule has 0 amide bonds. The molecule has 2 heterocycles. The maximum absolute atomic E-state index is 5.84. The van der Waals surface area contributed by atoms with Gasteiger partial charge in [-0.1, -0.05) is 18.6 Å². The van der Waals surface area contributed by atoms with E-state index in [1.165, 1.54) is 31.4 Å². The number of hydrogen-bond donors (Lipinski definition) is 0. The summed E-state index contributed by atoms with van der Waals surface area (Å²) < 4.78 is 11.1. The third-order valence-corrected chi connectivity index (χ3v) is 4.83. The van der Waals surface area contributed by atoms with Crippen LogP contribution >= 0.6 is 0 Å². The second kappa shape index (κ2) is 9.42. The molecule has 1 atom stereocenters. The molecular formula is C21H28N2O2. The van der Waals surface area contributed by atoms with Gasteiger partial charge in [0.25, 0.3) is 0 Å². The van der Waals surface area contributed by atoms with Gasteiger partial charge in [-0.25, -0.2) is 0 Å². The largest absolute Gasteiger partial charge is 0.497 e. The second-order valence-corrected chi connectivity index (χ2v) is 6.57. The molecule has 0 unspecified atom stereocenters. The van der Waals surface area contributed by atoms with E-state index in [1.807, 2.05) is 42.7 Å². The van der Waals surface area contributed by atoms with E-state index in [4.69, 9.17) is 9.47 Å². The van der Waals surface area contributed by atoms with Crippen molar-refractivity contribution in [2.24, 2.45) is 0 Å². The third kappa shape index (κ3) is 5.20. The van der Waals surface area contributed by atoms with Crippen molar-refractivity contribution in [2.75, 3.05) is 26.8 Å². The number of nitrogens with zero attached hydrogens (tertiary/aromatic N) is 2. The Bertz CT molecular complexity index is 633. The summed E-state index contributed by atoms with van der Waals surface area (Å²) in [6.07, 6.45) is 9.95. The van der Waals surface area contributed by atoms with Crippen LogP contribution in [-0.2, 0) is 0 Å². The van der Waals surface area contributed by atoms with Crippen LogP contribution < -0.4 is 9.47 Å². The molecule has 1 aliphatic rings. The zero-order chi connectivity index (χ0) is 17.3. The van der Waals surface area contributed by atoms with Crippen LogP contribution in [0.3, 0.4) is 0 Å². The summed E-state index contributed by atoms with van der Waals surface area (Å²) in [6.45, 7) is 3.07. The number of ether oxygens (including phenoxy) is 2. The maximum atomic E-state index is 5.84. The lowest BCUT2D eigenvalue weighted by atomic mass is 9.96. The lowest BCUT2D eigenvalue weighted by Gasteiger charge is -2.35.